The smallest absolute Gasteiger partial charge is 0.345 e. The zero-order chi connectivity index (χ0) is 18.8. The highest BCUT2D eigenvalue weighted by molar-refractivity contribution is 7.10. The number of hydroxylamine groups is 2. The Morgan fingerprint density at radius 1 is 1.62 bits per heavy atom. The fourth-order valence-electron chi connectivity index (χ4n) is 3.34. The topological polar surface area (TPSA) is 102 Å². The van der Waals surface area contributed by atoms with Crippen LogP contribution in [0.3, 0.4) is 0 Å². The minimum absolute atomic E-state index is 0.160. The first-order valence-corrected chi connectivity index (χ1v) is 9.05. The number of thiophene rings is 1. The number of azide groups is 1. The van der Waals surface area contributed by atoms with E-state index in [0.29, 0.717) is 19.5 Å². The van der Waals surface area contributed by atoms with Crippen molar-refractivity contribution in [2.45, 2.75) is 18.5 Å². The lowest BCUT2D eigenvalue weighted by atomic mass is 9.93. The van der Waals surface area contributed by atoms with Crippen LogP contribution >= 0.6 is 11.3 Å². The van der Waals surface area contributed by atoms with Gasteiger partial charge >= 0.3 is 6.03 Å². The van der Waals surface area contributed by atoms with E-state index in [2.05, 4.69) is 16.6 Å². The summed E-state index contributed by atoms with van der Waals surface area (Å²) in [5, 5.41) is 6.91. The van der Waals surface area contributed by atoms with Gasteiger partial charge in [-0.05, 0) is 22.9 Å². The average molecular weight is 376 g/mol. The second kappa shape index (κ2) is 7.36. The van der Waals surface area contributed by atoms with E-state index >= 15 is 0 Å². The van der Waals surface area contributed by atoms with E-state index < -0.39 is 6.04 Å². The van der Waals surface area contributed by atoms with E-state index in [4.69, 9.17) is 10.4 Å². The van der Waals surface area contributed by atoms with Crippen LogP contribution in [-0.2, 0) is 16.1 Å². The lowest BCUT2D eigenvalue weighted by Crippen LogP contribution is -2.43. The second-order valence-electron chi connectivity index (χ2n) is 6.24. The van der Waals surface area contributed by atoms with Crippen LogP contribution in [0.1, 0.15) is 28.1 Å². The lowest BCUT2D eigenvalue weighted by Gasteiger charge is -2.32. The van der Waals surface area contributed by atoms with Gasteiger partial charge in [0.05, 0.1) is 13.2 Å². The number of hydrogen-bond donors (Lipinski definition) is 0. The monoisotopic (exact) mass is 376 g/mol. The van der Waals surface area contributed by atoms with Gasteiger partial charge in [0, 0.05) is 36.0 Å². The number of carbonyl (C=O) groups excluding carboxylic acids is 2. The Hall–Kier alpha value is -2.55. The summed E-state index contributed by atoms with van der Waals surface area (Å²) in [5.74, 6) is -0.160. The van der Waals surface area contributed by atoms with E-state index in [-0.39, 0.29) is 24.6 Å². The molecule has 3 heterocycles. The molecule has 3 rings (SSSR count). The third kappa shape index (κ3) is 2.92. The summed E-state index contributed by atoms with van der Waals surface area (Å²) in [7, 11) is 3.35. The highest BCUT2D eigenvalue weighted by atomic mass is 32.1. The van der Waals surface area contributed by atoms with Gasteiger partial charge in [0.15, 0.2) is 0 Å². The van der Waals surface area contributed by atoms with Crippen molar-refractivity contribution in [1.82, 2.24) is 14.9 Å². The normalized spacial score (nSPS) is 20.6. The number of likely N-dealkylation sites (N-methyl/N-ethyl adjacent to an activating group) is 1. The lowest BCUT2D eigenvalue weighted by molar-refractivity contribution is -0.133. The molecule has 3 amide bonds. The van der Waals surface area contributed by atoms with Gasteiger partial charge in [0.25, 0.3) is 0 Å². The van der Waals surface area contributed by atoms with Gasteiger partial charge in [0.2, 0.25) is 5.91 Å². The van der Waals surface area contributed by atoms with Crippen LogP contribution in [0.2, 0.25) is 0 Å². The van der Waals surface area contributed by atoms with Crippen molar-refractivity contribution in [2.24, 2.45) is 5.11 Å². The first kappa shape index (κ1) is 18.2. The highest BCUT2D eigenvalue weighted by Crippen LogP contribution is 2.48. The Kier molecular flexibility index (Phi) is 5.17. The van der Waals surface area contributed by atoms with Crippen LogP contribution in [0, 0.1) is 0 Å². The van der Waals surface area contributed by atoms with Crippen LogP contribution in [0.25, 0.3) is 10.4 Å². The van der Waals surface area contributed by atoms with Crippen molar-refractivity contribution in [2.75, 3.05) is 33.8 Å². The fourth-order valence-corrected chi connectivity index (χ4v) is 4.55. The first-order chi connectivity index (χ1) is 12.5. The minimum atomic E-state index is -0.687. The fraction of sp³-hybridized carbons (Fsp3) is 0.500. The van der Waals surface area contributed by atoms with Crippen molar-refractivity contribution in [3.63, 3.8) is 0 Å². The number of nitrogens with zero attached hydrogens (tertiary/aromatic N) is 6. The van der Waals surface area contributed by atoms with E-state index in [1.54, 1.807) is 25.1 Å². The van der Waals surface area contributed by atoms with E-state index in [1.807, 2.05) is 5.38 Å². The van der Waals surface area contributed by atoms with E-state index in [0.717, 1.165) is 16.0 Å². The third-order valence-corrected chi connectivity index (χ3v) is 5.61. The number of amides is 3. The van der Waals surface area contributed by atoms with Gasteiger partial charge in [-0.3, -0.25) is 9.63 Å². The Labute approximate surface area is 155 Å². The van der Waals surface area contributed by atoms with Crippen LogP contribution in [0.15, 0.2) is 23.1 Å². The molecule has 0 radical (unpaired) electrons. The van der Waals surface area contributed by atoms with Gasteiger partial charge in [-0.15, -0.1) is 17.9 Å². The van der Waals surface area contributed by atoms with Crippen molar-refractivity contribution >= 4 is 23.3 Å². The minimum Gasteiger partial charge on any atom is -0.347 e. The Morgan fingerprint density at radius 3 is 3.04 bits per heavy atom. The maximum Gasteiger partial charge on any atom is 0.345 e. The molecule has 1 aromatic heterocycles. The molecule has 1 fully saturated rings. The quantitative estimate of drug-likeness (QED) is 0.316. The Morgan fingerprint density at radius 2 is 2.38 bits per heavy atom. The van der Waals surface area contributed by atoms with Gasteiger partial charge in [-0.25, -0.2) is 4.79 Å². The van der Waals surface area contributed by atoms with Crippen LogP contribution < -0.4 is 0 Å². The zero-order valence-corrected chi connectivity index (χ0v) is 15.5. The number of rotatable bonds is 7. The van der Waals surface area contributed by atoms with Crippen molar-refractivity contribution in [3.8, 4) is 0 Å². The van der Waals surface area contributed by atoms with Gasteiger partial charge in [-0.1, -0.05) is 11.2 Å². The molecule has 2 aliphatic rings. The Bertz CT molecular complexity index is 785. The summed E-state index contributed by atoms with van der Waals surface area (Å²) < 4.78 is 0. The van der Waals surface area contributed by atoms with Crippen molar-refractivity contribution in [1.29, 1.82) is 0 Å². The van der Waals surface area contributed by atoms with Crippen LogP contribution in [0.4, 0.5) is 4.79 Å². The number of hydrogen-bond acceptors (Lipinski definition) is 5. The molecule has 0 aromatic carbocycles. The summed E-state index contributed by atoms with van der Waals surface area (Å²) >= 11 is 1.51. The molecule has 0 saturated carbocycles. The number of fused-ring (bicyclic) bond motifs is 4. The summed E-state index contributed by atoms with van der Waals surface area (Å²) in [6, 6.07) is -1.25. The van der Waals surface area contributed by atoms with Gasteiger partial charge in [-0.2, -0.15) is 5.06 Å². The zero-order valence-electron chi connectivity index (χ0n) is 14.7. The molecule has 2 unspecified atom stereocenters. The van der Waals surface area contributed by atoms with E-state index in [9.17, 15) is 9.59 Å². The molecular formula is C16H20N6O3S. The van der Waals surface area contributed by atoms with Crippen LogP contribution in [0.5, 0.6) is 0 Å². The van der Waals surface area contributed by atoms with E-state index in [1.165, 1.54) is 21.3 Å². The summed E-state index contributed by atoms with van der Waals surface area (Å²) in [5.41, 5.74) is 10.3. The predicted octanol–water partition coefficient (Wildman–Crippen LogP) is 2.64. The molecule has 10 heteroatoms. The molecule has 0 aliphatic carbocycles. The second-order valence-corrected chi connectivity index (χ2v) is 7.15. The number of carbonyl (C=O) groups is 2. The molecule has 26 heavy (non-hydrogen) atoms. The van der Waals surface area contributed by atoms with Crippen molar-refractivity contribution in [3.05, 3.63) is 44.5 Å². The Balaban J connectivity index is 2.04. The maximum atomic E-state index is 12.9. The highest BCUT2D eigenvalue weighted by Gasteiger charge is 2.52. The summed E-state index contributed by atoms with van der Waals surface area (Å²) in [6.45, 7) is 4.54. The first-order valence-electron chi connectivity index (χ1n) is 8.17. The molecule has 2 aliphatic heterocycles. The molecule has 2 bridgehead atoms. The summed E-state index contributed by atoms with van der Waals surface area (Å²) in [6.07, 6.45) is 2.10. The van der Waals surface area contributed by atoms with Crippen LogP contribution in [-0.4, -0.2) is 60.6 Å². The number of urea groups is 1. The van der Waals surface area contributed by atoms with Crippen molar-refractivity contribution < 1.29 is 14.4 Å². The standard InChI is InChI=1S/C16H20N6O3S/c1-4-7-25-22-11-8-21(16(22)24)13(15(23)20(2)3)12-10(5-6-18-19-17)9-26-14(11)12/h4,9,11,13H,1,5-8H2,2-3H3. The largest absolute Gasteiger partial charge is 0.347 e. The molecule has 0 N–H and O–H groups in total. The average Bonchev–Trinajstić information content (AvgIpc) is 3.15. The molecule has 1 aromatic rings. The van der Waals surface area contributed by atoms with Gasteiger partial charge < -0.3 is 9.80 Å². The third-order valence-electron chi connectivity index (χ3n) is 4.46. The SMILES string of the molecule is C=CCON1C(=O)N2CC1c1scc(CCN=[N+]=[N-])c1C2C(=O)N(C)C. The molecule has 138 valence electrons. The molecule has 2 atom stereocenters. The van der Waals surface area contributed by atoms with Gasteiger partial charge in [0.1, 0.15) is 12.1 Å². The summed E-state index contributed by atoms with van der Waals surface area (Å²) in [4.78, 5) is 38.1. The maximum absolute atomic E-state index is 12.9. The molecule has 0 spiro atoms. The molecule has 1 saturated heterocycles. The predicted molar refractivity (Wildman–Crippen MR) is 96.3 cm³/mol. The molecule has 9 nitrogen and oxygen atoms in total. The molecular weight excluding hydrogens is 356 g/mol.